The van der Waals surface area contributed by atoms with Crippen molar-refractivity contribution in [2.45, 2.75) is 0 Å². The Labute approximate surface area is 90.4 Å². The summed E-state index contributed by atoms with van der Waals surface area (Å²) in [6.45, 7) is -1.04. The molecule has 3 N–H and O–H groups in total. The number of rotatable bonds is 5. The van der Waals surface area contributed by atoms with E-state index in [9.17, 15) is 14.4 Å². The predicted octanol–water partition coefficient (Wildman–Crippen LogP) is -0.708. The van der Waals surface area contributed by atoms with Crippen LogP contribution < -0.4 is 5.73 Å². The number of furan rings is 1. The van der Waals surface area contributed by atoms with Gasteiger partial charge in [-0.15, -0.1) is 0 Å². The highest BCUT2D eigenvalue weighted by Crippen LogP contribution is 2.05. The van der Waals surface area contributed by atoms with Gasteiger partial charge in [0.25, 0.3) is 5.91 Å². The van der Waals surface area contributed by atoms with Crippen LogP contribution in [0.4, 0.5) is 0 Å². The third kappa shape index (κ3) is 3.12. The van der Waals surface area contributed by atoms with Crippen molar-refractivity contribution < 1.29 is 23.9 Å². The lowest BCUT2D eigenvalue weighted by Crippen LogP contribution is -2.41. The Balaban J connectivity index is 2.79. The molecule has 2 amide bonds. The van der Waals surface area contributed by atoms with Gasteiger partial charge in [0.15, 0.2) is 0 Å². The summed E-state index contributed by atoms with van der Waals surface area (Å²) < 4.78 is 4.68. The summed E-state index contributed by atoms with van der Waals surface area (Å²) in [5, 5.41) is 8.57. The number of nitrogens with two attached hydrogens (primary N) is 1. The van der Waals surface area contributed by atoms with Gasteiger partial charge in [0.2, 0.25) is 5.91 Å². The number of carboxylic acid groups (broad SMARTS) is 1. The minimum Gasteiger partial charge on any atom is -0.480 e. The maximum Gasteiger partial charge on any atom is 0.323 e. The SMILES string of the molecule is NC(=O)CN(CC(=O)O)C(=O)c1ccoc1. The zero-order valence-electron chi connectivity index (χ0n) is 8.25. The Bertz CT molecular complexity index is 382. The molecule has 0 aliphatic carbocycles. The third-order valence-corrected chi connectivity index (χ3v) is 1.73. The van der Waals surface area contributed by atoms with Crippen molar-refractivity contribution in [1.82, 2.24) is 4.90 Å². The average Bonchev–Trinajstić information content (AvgIpc) is 2.66. The molecule has 0 bridgehead atoms. The second kappa shape index (κ2) is 4.96. The Kier molecular flexibility index (Phi) is 3.65. The minimum absolute atomic E-state index is 0.169. The Morgan fingerprint density at radius 3 is 2.50 bits per heavy atom. The van der Waals surface area contributed by atoms with Gasteiger partial charge >= 0.3 is 5.97 Å². The highest BCUT2D eigenvalue weighted by molar-refractivity contribution is 5.97. The Morgan fingerprint density at radius 1 is 1.38 bits per heavy atom. The average molecular weight is 226 g/mol. The Morgan fingerprint density at radius 2 is 2.06 bits per heavy atom. The summed E-state index contributed by atoms with van der Waals surface area (Å²) in [4.78, 5) is 33.7. The number of hydrogen-bond donors (Lipinski definition) is 2. The second-order valence-corrected chi connectivity index (χ2v) is 3.03. The van der Waals surface area contributed by atoms with E-state index < -0.39 is 30.9 Å². The van der Waals surface area contributed by atoms with Crippen LogP contribution in [0.3, 0.4) is 0 Å². The molecular formula is C9H10N2O5. The van der Waals surface area contributed by atoms with Crippen molar-refractivity contribution in [3.8, 4) is 0 Å². The van der Waals surface area contributed by atoms with Gasteiger partial charge in [-0.3, -0.25) is 14.4 Å². The molecule has 0 atom stereocenters. The van der Waals surface area contributed by atoms with E-state index in [4.69, 9.17) is 10.8 Å². The van der Waals surface area contributed by atoms with Crippen LogP contribution in [0.25, 0.3) is 0 Å². The largest absolute Gasteiger partial charge is 0.480 e. The third-order valence-electron chi connectivity index (χ3n) is 1.73. The number of carboxylic acids is 1. The van der Waals surface area contributed by atoms with E-state index >= 15 is 0 Å². The van der Waals surface area contributed by atoms with Crippen molar-refractivity contribution >= 4 is 17.8 Å². The van der Waals surface area contributed by atoms with E-state index in [0.29, 0.717) is 0 Å². The van der Waals surface area contributed by atoms with Crippen LogP contribution in [0.2, 0.25) is 0 Å². The topological polar surface area (TPSA) is 114 Å². The highest BCUT2D eigenvalue weighted by atomic mass is 16.4. The molecular weight excluding hydrogens is 216 g/mol. The van der Waals surface area contributed by atoms with Gasteiger partial charge in [-0.1, -0.05) is 0 Å². The van der Waals surface area contributed by atoms with E-state index in [-0.39, 0.29) is 5.56 Å². The lowest BCUT2D eigenvalue weighted by molar-refractivity contribution is -0.138. The molecule has 1 aromatic rings. The Hall–Kier alpha value is -2.31. The molecule has 0 saturated heterocycles. The molecule has 1 rings (SSSR count). The lowest BCUT2D eigenvalue weighted by Gasteiger charge is -2.17. The van der Waals surface area contributed by atoms with Crippen molar-refractivity contribution in [2.75, 3.05) is 13.1 Å². The monoisotopic (exact) mass is 226 g/mol. The van der Waals surface area contributed by atoms with Crippen molar-refractivity contribution in [3.05, 3.63) is 24.2 Å². The summed E-state index contributed by atoms with van der Waals surface area (Å²) in [7, 11) is 0. The molecule has 0 radical (unpaired) electrons. The van der Waals surface area contributed by atoms with Crippen LogP contribution in [-0.2, 0) is 9.59 Å². The fraction of sp³-hybridized carbons (Fsp3) is 0.222. The maximum absolute atomic E-state index is 11.7. The molecule has 0 aliphatic heterocycles. The number of nitrogens with zero attached hydrogens (tertiary/aromatic N) is 1. The highest BCUT2D eigenvalue weighted by Gasteiger charge is 2.20. The minimum atomic E-state index is -1.22. The molecule has 0 aromatic carbocycles. The van der Waals surface area contributed by atoms with Gasteiger partial charge in [0.05, 0.1) is 11.8 Å². The fourth-order valence-corrected chi connectivity index (χ4v) is 1.12. The van der Waals surface area contributed by atoms with Gasteiger partial charge in [0, 0.05) is 0 Å². The van der Waals surface area contributed by atoms with Crippen LogP contribution in [0, 0.1) is 0 Å². The van der Waals surface area contributed by atoms with Gasteiger partial charge in [-0.05, 0) is 6.07 Å². The first-order valence-corrected chi connectivity index (χ1v) is 4.32. The molecule has 16 heavy (non-hydrogen) atoms. The first kappa shape index (κ1) is 11.8. The van der Waals surface area contributed by atoms with Gasteiger partial charge in [0.1, 0.15) is 19.4 Å². The summed E-state index contributed by atoms with van der Waals surface area (Å²) in [5.41, 5.74) is 5.08. The van der Waals surface area contributed by atoms with Gasteiger partial charge in [-0.25, -0.2) is 0 Å². The van der Waals surface area contributed by atoms with E-state index in [2.05, 4.69) is 4.42 Å². The first-order chi connectivity index (χ1) is 7.50. The molecule has 1 heterocycles. The normalized spacial score (nSPS) is 9.75. The standard InChI is InChI=1S/C9H10N2O5/c10-7(12)3-11(4-8(13)14)9(15)6-1-2-16-5-6/h1-2,5H,3-4H2,(H2,10,12)(H,13,14). The van der Waals surface area contributed by atoms with E-state index in [1.807, 2.05) is 0 Å². The van der Waals surface area contributed by atoms with E-state index in [1.165, 1.54) is 12.3 Å². The molecule has 0 unspecified atom stereocenters. The smallest absolute Gasteiger partial charge is 0.323 e. The molecule has 7 heteroatoms. The fourth-order valence-electron chi connectivity index (χ4n) is 1.12. The number of hydrogen-bond acceptors (Lipinski definition) is 4. The van der Waals surface area contributed by atoms with E-state index in [1.54, 1.807) is 0 Å². The quantitative estimate of drug-likeness (QED) is 0.688. The number of aliphatic carboxylic acids is 1. The number of carbonyl (C=O) groups excluding carboxylic acids is 2. The molecule has 0 aliphatic rings. The van der Waals surface area contributed by atoms with Gasteiger partial charge in [-0.2, -0.15) is 0 Å². The van der Waals surface area contributed by atoms with Crippen LogP contribution in [0.15, 0.2) is 23.0 Å². The van der Waals surface area contributed by atoms with Crippen molar-refractivity contribution in [3.63, 3.8) is 0 Å². The zero-order valence-corrected chi connectivity index (χ0v) is 8.25. The predicted molar refractivity (Wildman–Crippen MR) is 51.4 cm³/mol. The van der Waals surface area contributed by atoms with E-state index in [0.717, 1.165) is 11.2 Å². The number of primary amides is 1. The summed E-state index contributed by atoms with van der Waals surface area (Å²) in [6.07, 6.45) is 2.44. The molecule has 0 saturated carbocycles. The number of carbonyl (C=O) groups is 3. The van der Waals surface area contributed by atoms with Crippen molar-refractivity contribution in [2.24, 2.45) is 5.73 Å². The van der Waals surface area contributed by atoms with Crippen LogP contribution in [0.5, 0.6) is 0 Å². The molecule has 0 fully saturated rings. The zero-order chi connectivity index (χ0) is 12.1. The van der Waals surface area contributed by atoms with Gasteiger partial charge < -0.3 is 20.2 Å². The summed E-state index contributed by atoms with van der Waals surface area (Å²) in [6, 6.07) is 1.37. The summed E-state index contributed by atoms with van der Waals surface area (Å²) >= 11 is 0. The lowest BCUT2D eigenvalue weighted by atomic mass is 10.3. The maximum atomic E-state index is 11.7. The molecule has 0 spiro atoms. The molecule has 7 nitrogen and oxygen atoms in total. The van der Waals surface area contributed by atoms with Crippen molar-refractivity contribution in [1.29, 1.82) is 0 Å². The van der Waals surface area contributed by atoms with Crippen LogP contribution >= 0.6 is 0 Å². The number of amides is 2. The second-order valence-electron chi connectivity index (χ2n) is 3.03. The molecule has 86 valence electrons. The van der Waals surface area contributed by atoms with Crippen LogP contribution in [0.1, 0.15) is 10.4 Å². The van der Waals surface area contributed by atoms with Crippen LogP contribution in [-0.4, -0.2) is 40.9 Å². The molecule has 1 aromatic heterocycles. The summed E-state index contributed by atoms with van der Waals surface area (Å²) in [5.74, 6) is -2.62. The first-order valence-electron chi connectivity index (χ1n) is 4.32.